The molecule has 1 atom stereocenters. The first-order valence-corrected chi connectivity index (χ1v) is 7.09. The lowest BCUT2D eigenvalue weighted by atomic mass is 10.1. The molecule has 98 valence electrons. The lowest BCUT2D eigenvalue weighted by molar-refractivity contribution is 0.244. The molecule has 0 spiro atoms. The van der Waals surface area contributed by atoms with E-state index in [2.05, 4.69) is 40.8 Å². The Balaban J connectivity index is 1.56. The van der Waals surface area contributed by atoms with Gasteiger partial charge < -0.3 is 15.5 Å². The number of hydrogen-bond donors (Lipinski definition) is 2. The molecule has 2 aliphatic rings. The number of likely N-dealkylation sites (N-methyl/N-ethyl adjacent to an activating group) is 1. The fourth-order valence-corrected chi connectivity index (χ4v) is 3.05. The van der Waals surface area contributed by atoms with Gasteiger partial charge in [0.2, 0.25) is 0 Å². The van der Waals surface area contributed by atoms with E-state index in [-0.39, 0.29) is 0 Å². The van der Waals surface area contributed by atoms with Gasteiger partial charge in [0.1, 0.15) is 0 Å². The van der Waals surface area contributed by atoms with Crippen LogP contribution in [0.3, 0.4) is 0 Å². The molecule has 1 fully saturated rings. The second-order valence-electron chi connectivity index (χ2n) is 5.63. The van der Waals surface area contributed by atoms with Gasteiger partial charge in [-0.1, -0.05) is 6.07 Å². The molecular formula is C15H23N3. The Morgan fingerprint density at radius 3 is 3.11 bits per heavy atom. The number of anilines is 1. The van der Waals surface area contributed by atoms with E-state index in [1.165, 1.54) is 24.9 Å². The number of piperazine rings is 1. The normalized spacial score (nSPS) is 23.9. The van der Waals surface area contributed by atoms with Crippen molar-refractivity contribution in [3.8, 4) is 0 Å². The number of aryl methyl sites for hydroxylation is 2. The average Bonchev–Trinajstić information content (AvgIpc) is 2.84. The van der Waals surface area contributed by atoms with E-state index in [0.717, 1.165) is 26.2 Å². The lowest BCUT2D eigenvalue weighted by Crippen LogP contribution is -2.51. The fourth-order valence-electron chi connectivity index (χ4n) is 3.05. The maximum absolute atomic E-state index is 3.58. The van der Waals surface area contributed by atoms with Crippen LogP contribution in [0.5, 0.6) is 0 Å². The maximum atomic E-state index is 3.58. The number of hydrogen-bond acceptors (Lipinski definition) is 3. The summed E-state index contributed by atoms with van der Waals surface area (Å²) < 4.78 is 0. The second-order valence-corrected chi connectivity index (χ2v) is 5.63. The summed E-state index contributed by atoms with van der Waals surface area (Å²) in [6, 6.07) is 7.44. The Kier molecular flexibility index (Phi) is 3.52. The van der Waals surface area contributed by atoms with Crippen molar-refractivity contribution in [3.63, 3.8) is 0 Å². The molecule has 1 aromatic rings. The molecule has 1 aromatic carbocycles. The molecule has 1 heterocycles. The summed E-state index contributed by atoms with van der Waals surface area (Å²) in [5.74, 6) is 0. The molecule has 0 radical (unpaired) electrons. The fraction of sp³-hybridized carbons (Fsp3) is 0.600. The number of fused-ring (bicyclic) bond motifs is 1. The zero-order chi connectivity index (χ0) is 12.4. The Labute approximate surface area is 110 Å². The topological polar surface area (TPSA) is 27.3 Å². The van der Waals surface area contributed by atoms with Crippen LogP contribution in [-0.2, 0) is 12.8 Å². The van der Waals surface area contributed by atoms with Gasteiger partial charge >= 0.3 is 0 Å². The Morgan fingerprint density at radius 2 is 2.22 bits per heavy atom. The number of rotatable bonds is 3. The van der Waals surface area contributed by atoms with Gasteiger partial charge in [0.05, 0.1) is 0 Å². The molecule has 1 unspecified atom stereocenters. The molecule has 3 rings (SSSR count). The van der Waals surface area contributed by atoms with E-state index >= 15 is 0 Å². The summed E-state index contributed by atoms with van der Waals surface area (Å²) in [5.41, 5.74) is 4.38. The Bertz CT molecular complexity index is 416. The summed E-state index contributed by atoms with van der Waals surface area (Å²) in [5, 5.41) is 7.14. The SMILES string of the molecule is CN1CCNC(CNc2ccc3c(c2)CCC3)C1. The predicted molar refractivity (Wildman–Crippen MR) is 76.2 cm³/mol. The van der Waals surface area contributed by atoms with Crippen LogP contribution in [0.15, 0.2) is 18.2 Å². The van der Waals surface area contributed by atoms with E-state index in [1.807, 2.05) is 0 Å². The van der Waals surface area contributed by atoms with Crippen LogP contribution >= 0.6 is 0 Å². The highest BCUT2D eigenvalue weighted by Gasteiger charge is 2.16. The molecule has 0 bridgehead atoms. The van der Waals surface area contributed by atoms with Gasteiger partial charge in [-0.3, -0.25) is 0 Å². The summed E-state index contributed by atoms with van der Waals surface area (Å²) in [7, 11) is 2.20. The predicted octanol–water partition coefficient (Wildman–Crippen LogP) is 1.49. The average molecular weight is 245 g/mol. The van der Waals surface area contributed by atoms with E-state index in [4.69, 9.17) is 0 Å². The summed E-state index contributed by atoms with van der Waals surface area (Å²) >= 11 is 0. The van der Waals surface area contributed by atoms with Crippen molar-refractivity contribution >= 4 is 5.69 Å². The van der Waals surface area contributed by atoms with Crippen molar-refractivity contribution in [2.75, 3.05) is 38.5 Å². The van der Waals surface area contributed by atoms with Crippen LogP contribution in [0.25, 0.3) is 0 Å². The molecule has 0 aromatic heterocycles. The van der Waals surface area contributed by atoms with Crippen molar-refractivity contribution in [2.24, 2.45) is 0 Å². The van der Waals surface area contributed by atoms with E-state index in [0.29, 0.717) is 6.04 Å². The van der Waals surface area contributed by atoms with Crippen molar-refractivity contribution in [3.05, 3.63) is 29.3 Å². The molecule has 18 heavy (non-hydrogen) atoms. The van der Waals surface area contributed by atoms with Gasteiger partial charge in [0, 0.05) is 37.9 Å². The van der Waals surface area contributed by atoms with Crippen LogP contribution in [0, 0.1) is 0 Å². The third-order valence-corrected chi connectivity index (χ3v) is 4.11. The molecule has 1 aliphatic heterocycles. The first-order chi connectivity index (χ1) is 8.81. The smallest absolute Gasteiger partial charge is 0.0369 e. The molecular weight excluding hydrogens is 222 g/mol. The molecule has 1 aliphatic carbocycles. The molecule has 0 saturated carbocycles. The van der Waals surface area contributed by atoms with E-state index in [1.54, 1.807) is 11.1 Å². The maximum Gasteiger partial charge on any atom is 0.0369 e. The van der Waals surface area contributed by atoms with Crippen molar-refractivity contribution in [1.82, 2.24) is 10.2 Å². The van der Waals surface area contributed by atoms with Crippen LogP contribution in [0.1, 0.15) is 17.5 Å². The van der Waals surface area contributed by atoms with Crippen LogP contribution in [0.2, 0.25) is 0 Å². The largest absolute Gasteiger partial charge is 0.383 e. The standard InChI is InChI=1S/C15H23N3/c1-18-8-7-16-15(11-18)10-17-14-6-5-12-3-2-4-13(12)9-14/h5-6,9,15-17H,2-4,7-8,10-11H2,1H3. The summed E-state index contributed by atoms with van der Waals surface area (Å²) in [4.78, 5) is 2.39. The van der Waals surface area contributed by atoms with Gasteiger partial charge in [-0.25, -0.2) is 0 Å². The number of nitrogens with one attached hydrogen (secondary N) is 2. The van der Waals surface area contributed by atoms with Gasteiger partial charge in [-0.15, -0.1) is 0 Å². The third kappa shape index (κ3) is 2.68. The van der Waals surface area contributed by atoms with Crippen LogP contribution in [0.4, 0.5) is 5.69 Å². The Hall–Kier alpha value is -1.06. The lowest BCUT2D eigenvalue weighted by Gasteiger charge is -2.31. The summed E-state index contributed by atoms with van der Waals surface area (Å²) in [6.45, 7) is 4.42. The zero-order valence-corrected chi connectivity index (χ0v) is 11.2. The first kappa shape index (κ1) is 12.0. The van der Waals surface area contributed by atoms with Gasteiger partial charge in [0.25, 0.3) is 0 Å². The molecule has 0 amide bonds. The second kappa shape index (κ2) is 5.29. The number of benzene rings is 1. The van der Waals surface area contributed by atoms with E-state index < -0.39 is 0 Å². The zero-order valence-electron chi connectivity index (χ0n) is 11.2. The molecule has 2 N–H and O–H groups in total. The quantitative estimate of drug-likeness (QED) is 0.845. The van der Waals surface area contributed by atoms with Crippen molar-refractivity contribution in [1.29, 1.82) is 0 Å². The van der Waals surface area contributed by atoms with Crippen molar-refractivity contribution in [2.45, 2.75) is 25.3 Å². The minimum absolute atomic E-state index is 0.567. The van der Waals surface area contributed by atoms with Crippen molar-refractivity contribution < 1.29 is 0 Å². The van der Waals surface area contributed by atoms with Gasteiger partial charge in [-0.05, 0) is 49.6 Å². The van der Waals surface area contributed by atoms with Gasteiger partial charge in [-0.2, -0.15) is 0 Å². The Morgan fingerprint density at radius 1 is 1.33 bits per heavy atom. The van der Waals surface area contributed by atoms with Gasteiger partial charge in [0.15, 0.2) is 0 Å². The summed E-state index contributed by atoms with van der Waals surface area (Å²) in [6.07, 6.45) is 3.85. The highest BCUT2D eigenvalue weighted by Crippen LogP contribution is 2.24. The molecule has 3 nitrogen and oxygen atoms in total. The minimum atomic E-state index is 0.567. The third-order valence-electron chi connectivity index (χ3n) is 4.11. The molecule has 3 heteroatoms. The highest BCUT2D eigenvalue weighted by molar-refractivity contribution is 5.50. The monoisotopic (exact) mass is 245 g/mol. The van der Waals surface area contributed by atoms with Crippen LogP contribution in [-0.4, -0.2) is 44.2 Å². The highest BCUT2D eigenvalue weighted by atomic mass is 15.2. The van der Waals surface area contributed by atoms with Crippen LogP contribution < -0.4 is 10.6 Å². The number of nitrogens with zero attached hydrogens (tertiary/aromatic N) is 1. The van der Waals surface area contributed by atoms with E-state index in [9.17, 15) is 0 Å². The molecule has 1 saturated heterocycles. The first-order valence-electron chi connectivity index (χ1n) is 7.09. The minimum Gasteiger partial charge on any atom is -0.383 e.